The van der Waals surface area contributed by atoms with Crippen LogP contribution in [0, 0.1) is 0 Å². The largest absolute Gasteiger partial charge is 0.383 e. The average Bonchev–Trinajstić information content (AvgIpc) is 3.01. The molecule has 2 aromatic heterocycles. The first-order valence-corrected chi connectivity index (χ1v) is 10.5. The van der Waals surface area contributed by atoms with E-state index in [2.05, 4.69) is 43.2 Å². The first-order valence-electron chi connectivity index (χ1n) is 9.73. The molecule has 1 amide bonds. The molecule has 0 spiro atoms. The van der Waals surface area contributed by atoms with Crippen molar-refractivity contribution in [2.24, 2.45) is 5.10 Å². The second-order valence-electron chi connectivity index (χ2n) is 6.87. The van der Waals surface area contributed by atoms with Gasteiger partial charge < -0.3 is 11.1 Å². The van der Waals surface area contributed by atoms with E-state index in [4.69, 9.17) is 5.73 Å². The van der Waals surface area contributed by atoms with Crippen LogP contribution in [0.15, 0.2) is 58.1 Å². The molecule has 4 aromatic rings. The Morgan fingerprint density at radius 2 is 1.97 bits per heavy atom. The average molecular weight is 465 g/mol. The van der Waals surface area contributed by atoms with Crippen LogP contribution < -0.4 is 11.1 Å². The lowest BCUT2D eigenvalue weighted by atomic mass is 10.2. The van der Waals surface area contributed by atoms with Crippen LogP contribution in [0.5, 0.6) is 0 Å². The van der Waals surface area contributed by atoms with E-state index in [0.29, 0.717) is 34.3 Å². The Morgan fingerprint density at radius 3 is 2.70 bits per heavy atom. The fraction of sp³-hybridized carbons (Fsp3) is 0.182. The number of benzene rings is 2. The number of nitrogens with zero attached hydrogens (tertiary/aromatic N) is 4. The number of halogens is 1. The Balaban J connectivity index is 1.86. The van der Waals surface area contributed by atoms with Gasteiger partial charge in [-0.1, -0.05) is 53.5 Å². The minimum absolute atomic E-state index is 0.209. The zero-order valence-electron chi connectivity index (χ0n) is 16.5. The lowest BCUT2D eigenvalue weighted by Gasteiger charge is -2.04. The van der Waals surface area contributed by atoms with E-state index in [1.54, 1.807) is 6.21 Å². The summed E-state index contributed by atoms with van der Waals surface area (Å²) in [5, 5.41) is 7.43. The highest BCUT2D eigenvalue weighted by atomic mass is 79.9. The first kappa shape index (κ1) is 20.0. The van der Waals surface area contributed by atoms with Gasteiger partial charge in [-0.25, -0.2) is 9.97 Å². The monoisotopic (exact) mass is 464 g/mol. The maximum absolute atomic E-state index is 12.9. The number of hydrogen-bond acceptors (Lipinski definition) is 5. The van der Waals surface area contributed by atoms with Crippen LogP contribution in [0.1, 0.15) is 35.7 Å². The van der Waals surface area contributed by atoms with Crippen molar-refractivity contribution in [1.29, 1.82) is 0 Å². The van der Waals surface area contributed by atoms with Crippen LogP contribution in [0.25, 0.3) is 22.2 Å². The maximum atomic E-state index is 12.9. The quantitative estimate of drug-likeness (QED) is 0.327. The third kappa shape index (κ3) is 3.91. The highest BCUT2D eigenvalue weighted by Crippen LogP contribution is 2.27. The number of nitrogens with two attached hydrogens (primary N) is 1. The Labute approximate surface area is 182 Å². The van der Waals surface area contributed by atoms with Crippen LogP contribution in [0.3, 0.4) is 0 Å². The number of carbonyl (C=O) groups excluding carboxylic acids is 1. The Morgan fingerprint density at radius 1 is 1.20 bits per heavy atom. The molecule has 0 radical (unpaired) electrons. The molecule has 152 valence electrons. The SMILES string of the molecule is CCCCNC(=O)c1c(N)n(/N=C/c2cccc(Br)c2)c2nc3ccccc3nc12. The summed E-state index contributed by atoms with van der Waals surface area (Å²) in [5.74, 6) is -0.0625. The highest BCUT2D eigenvalue weighted by molar-refractivity contribution is 9.10. The van der Waals surface area contributed by atoms with E-state index in [-0.39, 0.29) is 11.7 Å². The normalized spacial score (nSPS) is 11.5. The molecule has 7 nitrogen and oxygen atoms in total. The molecule has 2 heterocycles. The lowest BCUT2D eigenvalue weighted by Crippen LogP contribution is -2.25. The number of nitrogen functional groups attached to an aromatic ring is 1. The van der Waals surface area contributed by atoms with Gasteiger partial charge in [0, 0.05) is 11.0 Å². The van der Waals surface area contributed by atoms with Crippen molar-refractivity contribution in [3.63, 3.8) is 0 Å². The molecule has 30 heavy (non-hydrogen) atoms. The minimum Gasteiger partial charge on any atom is -0.383 e. The van der Waals surface area contributed by atoms with Gasteiger partial charge in [-0.3, -0.25) is 4.79 Å². The molecule has 0 fully saturated rings. The Hall–Kier alpha value is -3.26. The van der Waals surface area contributed by atoms with Crippen LogP contribution >= 0.6 is 15.9 Å². The summed E-state index contributed by atoms with van der Waals surface area (Å²) in [6.45, 7) is 2.64. The van der Waals surface area contributed by atoms with Gasteiger partial charge in [-0.2, -0.15) is 9.78 Å². The number of unbranched alkanes of at least 4 members (excludes halogenated alkanes) is 1. The first-order chi connectivity index (χ1) is 14.6. The summed E-state index contributed by atoms with van der Waals surface area (Å²) in [4.78, 5) is 22.2. The second kappa shape index (κ2) is 8.62. The fourth-order valence-electron chi connectivity index (χ4n) is 3.17. The molecule has 0 saturated heterocycles. The molecular formula is C22H21BrN6O. The Bertz CT molecular complexity index is 1260. The number of nitrogens with one attached hydrogen (secondary N) is 1. The van der Waals surface area contributed by atoms with Gasteiger partial charge in [-0.05, 0) is 36.2 Å². The van der Waals surface area contributed by atoms with Crippen molar-refractivity contribution >= 4 is 56.1 Å². The van der Waals surface area contributed by atoms with Crippen molar-refractivity contribution < 1.29 is 4.79 Å². The minimum atomic E-state index is -0.271. The van der Waals surface area contributed by atoms with E-state index >= 15 is 0 Å². The zero-order chi connectivity index (χ0) is 21.1. The topological polar surface area (TPSA) is 98.2 Å². The molecular weight excluding hydrogens is 444 g/mol. The van der Waals surface area contributed by atoms with Crippen molar-refractivity contribution in [3.05, 3.63) is 64.1 Å². The number of carbonyl (C=O) groups is 1. The van der Waals surface area contributed by atoms with E-state index < -0.39 is 0 Å². The third-order valence-electron chi connectivity index (χ3n) is 4.69. The van der Waals surface area contributed by atoms with Gasteiger partial charge in [0.1, 0.15) is 16.9 Å². The van der Waals surface area contributed by atoms with Gasteiger partial charge >= 0.3 is 0 Å². The van der Waals surface area contributed by atoms with Gasteiger partial charge in [0.2, 0.25) is 0 Å². The van der Waals surface area contributed by atoms with E-state index in [1.165, 1.54) is 4.68 Å². The maximum Gasteiger partial charge on any atom is 0.257 e. The van der Waals surface area contributed by atoms with Crippen molar-refractivity contribution in [2.75, 3.05) is 12.3 Å². The summed E-state index contributed by atoms with van der Waals surface area (Å²) in [6, 6.07) is 15.2. The predicted octanol–water partition coefficient (Wildman–Crippen LogP) is 4.34. The Kier molecular flexibility index (Phi) is 5.76. The van der Waals surface area contributed by atoms with Crippen molar-refractivity contribution in [2.45, 2.75) is 19.8 Å². The number of rotatable bonds is 6. The molecule has 0 bridgehead atoms. The van der Waals surface area contributed by atoms with E-state index in [9.17, 15) is 4.79 Å². The van der Waals surface area contributed by atoms with Crippen LogP contribution in [-0.4, -0.2) is 33.3 Å². The number of hydrogen-bond donors (Lipinski definition) is 2. The molecule has 0 unspecified atom stereocenters. The van der Waals surface area contributed by atoms with Gasteiger partial charge in [0.25, 0.3) is 5.91 Å². The predicted molar refractivity (Wildman–Crippen MR) is 124 cm³/mol. The van der Waals surface area contributed by atoms with Crippen molar-refractivity contribution in [1.82, 2.24) is 20.0 Å². The number of amides is 1. The number of fused-ring (bicyclic) bond motifs is 2. The zero-order valence-corrected chi connectivity index (χ0v) is 18.1. The molecule has 4 rings (SSSR count). The molecule has 0 aliphatic rings. The van der Waals surface area contributed by atoms with Crippen molar-refractivity contribution in [3.8, 4) is 0 Å². The van der Waals surface area contributed by atoms with Gasteiger partial charge in [0.05, 0.1) is 17.2 Å². The molecule has 0 aliphatic heterocycles. The standard InChI is InChI=1S/C22H21BrN6O/c1-2-3-11-25-22(30)18-19-21(28-17-10-5-4-9-16(17)27-19)29(20(18)24)26-13-14-7-6-8-15(23)12-14/h4-10,12-13H,2-3,11,24H2,1H3,(H,25,30)/b26-13+. The summed E-state index contributed by atoms with van der Waals surface area (Å²) in [6.07, 6.45) is 3.55. The number of para-hydroxylation sites is 2. The molecule has 3 N–H and O–H groups in total. The molecule has 0 saturated carbocycles. The summed E-state index contributed by atoms with van der Waals surface area (Å²) in [5.41, 5.74) is 9.84. The third-order valence-corrected chi connectivity index (χ3v) is 5.18. The second-order valence-corrected chi connectivity index (χ2v) is 7.78. The smallest absolute Gasteiger partial charge is 0.257 e. The summed E-state index contributed by atoms with van der Waals surface area (Å²) in [7, 11) is 0. The van der Waals surface area contributed by atoms with Crippen LogP contribution in [-0.2, 0) is 0 Å². The molecule has 2 aromatic carbocycles. The van der Waals surface area contributed by atoms with Gasteiger partial charge in [0.15, 0.2) is 5.65 Å². The molecule has 0 aliphatic carbocycles. The van der Waals surface area contributed by atoms with E-state index in [0.717, 1.165) is 22.9 Å². The highest BCUT2D eigenvalue weighted by Gasteiger charge is 2.23. The summed E-state index contributed by atoms with van der Waals surface area (Å²) < 4.78 is 2.42. The molecule has 0 atom stereocenters. The summed E-state index contributed by atoms with van der Waals surface area (Å²) >= 11 is 3.45. The van der Waals surface area contributed by atoms with Crippen LogP contribution in [0.2, 0.25) is 0 Å². The van der Waals surface area contributed by atoms with Crippen LogP contribution in [0.4, 0.5) is 5.82 Å². The number of anilines is 1. The van der Waals surface area contributed by atoms with Gasteiger partial charge in [-0.15, -0.1) is 0 Å². The van der Waals surface area contributed by atoms with E-state index in [1.807, 2.05) is 48.5 Å². The molecule has 8 heteroatoms. The number of aromatic nitrogens is 3. The lowest BCUT2D eigenvalue weighted by molar-refractivity contribution is 0.0955. The fourth-order valence-corrected chi connectivity index (χ4v) is 3.58.